The van der Waals surface area contributed by atoms with Gasteiger partial charge in [0.2, 0.25) is 5.91 Å². The lowest BCUT2D eigenvalue weighted by Crippen LogP contribution is -2.64. The molecule has 9 N–H and O–H groups in total. The van der Waals surface area contributed by atoms with Crippen molar-refractivity contribution in [2.45, 2.75) is 242 Å². The van der Waals surface area contributed by atoms with Crippen molar-refractivity contribution in [1.29, 1.82) is 0 Å². The predicted octanol–water partition coefficient (Wildman–Crippen LogP) is 7.75. The molecule has 13 nitrogen and oxygen atoms in total. The monoisotopic (exact) mass is 876 g/mol. The molecule has 1 rings (SSSR count). The molecule has 8 unspecified atom stereocenters. The average Bonchev–Trinajstić information content (AvgIpc) is 3.22. The molecule has 1 amide bonds. The van der Waals surface area contributed by atoms with E-state index < -0.39 is 75.2 Å². The zero-order valence-electron chi connectivity index (χ0n) is 37.1. The average molecular weight is 876 g/mol. The Hall–Kier alpha value is -1.48. The zero-order chi connectivity index (χ0) is 44.4. The van der Waals surface area contributed by atoms with E-state index in [0.29, 0.717) is 12.8 Å². The van der Waals surface area contributed by atoms with Gasteiger partial charge in [-0.05, 0) is 44.9 Å². The third kappa shape index (κ3) is 27.6. The van der Waals surface area contributed by atoms with Crippen molar-refractivity contribution in [3.63, 3.8) is 0 Å². The van der Waals surface area contributed by atoms with E-state index in [9.17, 15) is 50.0 Å². The standard InChI is InChI=1S/C46H86NO12P/c1-3-5-7-9-11-13-15-17-18-19-20-22-23-25-27-29-31-33-37(48)35-40(50)47-38(39(49)34-32-30-28-26-24-21-16-14-12-10-8-6-4-2)36-58-60(56,57)59-46-44(54)42(52)41(51)43(53)45(46)55/h11,13,15,17,32,34,37-39,41-46,48-49,51-55H,3-10,12,14,16,18-31,33,35-36H2,1-2H3,(H,47,50)(H,56,57)/b13-11-,17-15-,34-32+. The van der Waals surface area contributed by atoms with Gasteiger partial charge in [0, 0.05) is 0 Å². The molecule has 0 aromatic rings. The van der Waals surface area contributed by atoms with Gasteiger partial charge >= 0.3 is 7.82 Å². The van der Waals surface area contributed by atoms with E-state index in [2.05, 4.69) is 43.5 Å². The number of carbonyl (C=O) groups excluding carboxylic acids is 1. The largest absolute Gasteiger partial charge is 0.472 e. The highest BCUT2D eigenvalue weighted by Gasteiger charge is 2.51. The van der Waals surface area contributed by atoms with Gasteiger partial charge in [0.25, 0.3) is 0 Å². The molecule has 0 radical (unpaired) electrons. The Kier molecular flexibility index (Phi) is 33.8. The molecule has 1 aliphatic carbocycles. The Labute approximate surface area is 362 Å². The number of carbonyl (C=O) groups is 1. The number of allylic oxidation sites excluding steroid dienone is 5. The minimum atomic E-state index is -5.14. The molecule has 0 heterocycles. The highest BCUT2D eigenvalue weighted by Crippen LogP contribution is 2.47. The number of phosphoric ester groups is 1. The van der Waals surface area contributed by atoms with Gasteiger partial charge in [-0.25, -0.2) is 4.57 Å². The molecule has 0 spiro atoms. The first-order valence-electron chi connectivity index (χ1n) is 23.5. The van der Waals surface area contributed by atoms with Crippen LogP contribution in [0.25, 0.3) is 0 Å². The summed E-state index contributed by atoms with van der Waals surface area (Å²) in [4.78, 5) is 23.4. The Morgan fingerprint density at radius 2 is 1.00 bits per heavy atom. The molecular weight excluding hydrogens is 789 g/mol. The second-order valence-electron chi connectivity index (χ2n) is 16.8. The van der Waals surface area contributed by atoms with Crippen LogP contribution in [0.15, 0.2) is 36.5 Å². The molecule has 0 aromatic heterocycles. The molecule has 352 valence electrons. The van der Waals surface area contributed by atoms with Crippen molar-refractivity contribution < 1.29 is 59.0 Å². The lowest BCUT2D eigenvalue weighted by molar-refractivity contribution is -0.220. The van der Waals surface area contributed by atoms with E-state index in [1.165, 1.54) is 102 Å². The minimum absolute atomic E-state index is 0.249. The van der Waals surface area contributed by atoms with Crippen molar-refractivity contribution in [2.75, 3.05) is 6.61 Å². The first kappa shape index (κ1) is 56.5. The second-order valence-corrected chi connectivity index (χ2v) is 18.2. The van der Waals surface area contributed by atoms with Crippen LogP contribution in [-0.2, 0) is 18.4 Å². The minimum Gasteiger partial charge on any atom is -0.393 e. The van der Waals surface area contributed by atoms with Gasteiger partial charge < -0.3 is 46.0 Å². The number of rotatable bonds is 38. The lowest BCUT2D eigenvalue weighted by Gasteiger charge is -2.41. The van der Waals surface area contributed by atoms with Gasteiger partial charge in [-0.15, -0.1) is 0 Å². The first-order valence-corrected chi connectivity index (χ1v) is 25.0. The summed E-state index contributed by atoms with van der Waals surface area (Å²) in [7, 11) is -5.14. The molecule has 0 bridgehead atoms. The molecule has 0 saturated heterocycles. The number of aliphatic hydroxyl groups excluding tert-OH is 7. The third-order valence-electron chi connectivity index (χ3n) is 11.2. The van der Waals surface area contributed by atoms with E-state index in [1.807, 2.05) is 0 Å². The Morgan fingerprint density at radius 1 is 0.600 bits per heavy atom. The van der Waals surface area contributed by atoms with E-state index in [4.69, 9.17) is 9.05 Å². The summed E-state index contributed by atoms with van der Waals surface area (Å²) in [5, 5.41) is 74.4. The smallest absolute Gasteiger partial charge is 0.393 e. The highest BCUT2D eigenvalue weighted by molar-refractivity contribution is 7.47. The van der Waals surface area contributed by atoms with Gasteiger partial charge in [-0.2, -0.15) is 0 Å². The van der Waals surface area contributed by atoms with Crippen LogP contribution in [0.4, 0.5) is 0 Å². The van der Waals surface area contributed by atoms with Gasteiger partial charge in [0.05, 0.1) is 31.3 Å². The molecule has 0 aromatic carbocycles. The molecule has 0 aliphatic heterocycles. The van der Waals surface area contributed by atoms with Gasteiger partial charge in [0.1, 0.15) is 36.6 Å². The molecule has 1 fully saturated rings. The fraction of sp³-hybridized carbons (Fsp3) is 0.848. The van der Waals surface area contributed by atoms with E-state index >= 15 is 0 Å². The van der Waals surface area contributed by atoms with Gasteiger partial charge in [0.15, 0.2) is 0 Å². The Bertz CT molecular complexity index is 1170. The number of nitrogens with one attached hydrogen (secondary N) is 1. The number of aliphatic hydroxyl groups is 7. The summed E-state index contributed by atoms with van der Waals surface area (Å²) in [6.45, 7) is 3.70. The maximum Gasteiger partial charge on any atom is 0.472 e. The SMILES string of the molecule is CCCCC/C=C\C=C/CCCCCCCCCCC(O)CC(=O)NC(COP(=O)(O)OC1C(O)C(O)C(O)C(O)C1O)C(O)/C=C/CCCCCCCCCCCCC. The van der Waals surface area contributed by atoms with E-state index in [0.717, 1.165) is 57.8 Å². The van der Waals surface area contributed by atoms with Crippen LogP contribution in [0.2, 0.25) is 0 Å². The number of amides is 1. The maximum atomic E-state index is 13.0. The first-order chi connectivity index (χ1) is 28.8. The van der Waals surface area contributed by atoms with Crippen LogP contribution in [0.5, 0.6) is 0 Å². The summed E-state index contributed by atoms with van der Waals surface area (Å²) in [5.41, 5.74) is 0. The van der Waals surface area contributed by atoms with Crippen LogP contribution >= 0.6 is 7.82 Å². The fourth-order valence-electron chi connectivity index (χ4n) is 7.35. The van der Waals surface area contributed by atoms with E-state index in [1.54, 1.807) is 6.08 Å². The molecule has 8 atom stereocenters. The maximum absolute atomic E-state index is 13.0. The summed E-state index contributed by atoms with van der Waals surface area (Å²) in [6, 6.07) is -1.24. The van der Waals surface area contributed by atoms with Crippen molar-refractivity contribution in [3.05, 3.63) is 36.5 Å². The summed E-state index contributed by atoms with van der Waals surface area (Å²) < 4.78 is 22.9. The summed E-state index contributed by atoms with van der Waals surface area (Å²) >= 11 is 0. The summed E-state index contributed by atoms with van der Waals surface area (Å²) in [6.07, 6.45) is 26.5. The van der Waals surface area contributed by atoms with Crippen molar-refractivity contribution in [2.24, 2.45) is 0 Å². The number of unbranched alkanes of at least 4 members (excludes halogenated alkanes) is 22. The Morgan fingerprint density at radius 3 is 1.50 bits per heavy atom. The predicted molar refractivity (Wildman–Crippen MR) is 238 cm³/mol. The normalized spacial score (nSPS) is 23.7. The second kappa shape index (κ2) is 35.9. The molecule has 60 heavy (non-hydrogen) atoms. The van der Waals surface area contributed by atoms with Crippen LogP contribution in [0.3, 0.4) is 0 Å². The van der Waals surface area contributed by atoms with E-state index in [-0.39, 0.29) is 6.42 Å². The van der Waals surface area contributed by atoms with Crippen molar-refractivity contribution in [3.8, 4) is 0 Å². The molecule has 14 heteroatoms. The lowest BCUT2D eigenvalue weighted by atomic mass is 9.85. The fourth-order valence-corrected chi connectivity index (χ4v) is 8.32. The van der Waals surface area contributed by atoms with Crippen molar-refractivity contribution in [1.82, 2.24) is 5.32 Å². The number of hydrogen-bond donors (Lipinski definition) is 9. The highest BCUT2D eigenvalue weighted by atomic mass is 31.2. The number of phosphoric acid groups is 1. The van der Waals surface area contributed by atoms with Crippen LogP contribution < -0.4 is 5.32 Å². The molecule has 1 saturated carbocycles. The quantitative estimate of drug-likeness (QED) is 0.0126. The van der Waals surface area contributed by atoms with Gasteiger partial charge in [-0.3, -0.25) is 13.8 Å². The zero-order valence-corrected chi connectivity index (χ0v) is 38.0. The van der Waals surface area contributed by atoms with Gasteiger partial charge in [-0.1, -0.05) is 172 Å². The molecule has 1 aliphatic rings. The van der Waals surface area contributed by atoms with Crippen LogP contribution in [0, 0.1) is 0 Å². The molecular formula is C46H86NO12P. The number of hydrogen-bond acceptors (Lipinski definition) is 11. The Balaban J connectivity index is 2.53. The van der Waals surface area contributed by atoms with Crippen molar-refractivity contribution >= 4 is 13.7 Å². The summed E-state index contributed by atoms with van der Waals surface area (Å²) in [5.74, 6) is -0.598. The third-order valence-corrected chi connectivity index (χ3v) is 12.2. The van der Waals surface area contributed by atoms with Crippen LogP contribution in [-0.4, -0.2) is 108 Å². The van der Waals surface area contributed by atoms with Crippen LogP contribution in [0.1, 0.15) is 187 Å². The topological polar surface area (TPSA) is 226 Å².